The first-order valence-corrected chi connectivity index (χ1v) is 8.15. The molecule has 5 heteroatoms. The van der Waals surface area contributed by atoms with E-state index in [1.807, 2.05) is 24.3 Å². The molecule has 0 unspecified atom stereocenters. The number of nitrogen functional groups attached to an aromatic ring is 1. The number of hydrogen-bond acceptors (Lipinski definition) is 5. The highest BCUT2D eigenvalue weighted by atomic mass is 32.1. The maximum atomic E-state index is 5.88. The Bertz CT molecular complexity index is 795. The molecule has 0 radical (unpaired) electrons. The number of nitrogens with two attached hydrogens (primary N) is 1. The van der Waals surface area contributed by atoms with Crippen molar-refractivity contribution >= 4 is 16.5 Å². The maximum Gasteiger partial charge on any atom is 0.180 e. The number of nitrogens with zero attached hydrogens (tertiary/aromatic N) is 3. The van der Waals surface area contributed by atoms with Gasteiger partial charge in [0.25, 0.3) is 0 Å². The van der Waals surface area contributed by atoms with Gasteiger partial charge in [0.15, 0.2) is 11.0 Å². The van der Waals surface area contributed by atoms with Gasteiger partial charge in [-0.1, -0.05) is 48.9 Å². The summed E-state index contributed by atoms with van der Waals surface area (Å²) in [6, 6.07) is 10.1. The van der Waals surface area contributed by atoms with Crippen molar-refractivity contribution < 1.29 is 0 Å². The van der Waals surface area contributed by atoms with Crippen molar-refractivity contribution in [3.63, 3.8) is 0 Å². The summed E-state index contributed by atoms with van der Waals surface area (Å²) in [5.41, 5.74) is 10.0. The van der Waals surface area contributed by atoms with Gasteiger partial charge in [0, 0.05) is 11.8 Å². The predicted octanol–water partition coefficient (Wildman–Crippen LogP) is 4.11. The lowest BCUT2D eigenvalue weighted by molar-refractivity contribution is 0.894. The van der Waals surface area contributed by atoms with Crippen LogP contribution in [0.2, 0.25) is 0 Å². The summed E-state index contributed by atoms with van der Waals surface area (Å²) in [5, 5.41) is 0.592. The number of aromatic nitrogens is 3. The van der Waals surface area contributed by atoms with E-state index in [0.29, 0.717) is 5.13 Å². The Morgan fingerprint density at radius 2 is 1.95 bits per heavy atom. The number of benzene rings is 1. The molecule has 4 nitrogen and oxygen atoms in total. The first-order valence-electron chi connectivity index (χ1n) is 7.33. The van der Waals surface area contributed by atoms with E-state index in [4.69, 9.17) is 10.7 Å². The van der Waals surface area contributed by atoms with Crippen LogP contribution in [0.4, 0.5) is 5.13 Å². The van der Waals surface area contributed by atoms with Crippen LogP contribution in [0.3, 0.4) is 0 Å². The molecule has 1 aromatic carbocycles. The molecule has 0 saturated carbocycles. The molecule has 0 spiro atoms. The van der Waals surface area contributed by atoms with Gasteiger partial charge in [-0.05, 0) is 25.0 Å². The van der Waals surface area contributed by atoms with Crippen LogP contribution in [0.25, 0.3) is 22.0 Å². The molecule has 22 heavy (non-hydrogen) atoms. The zero-order valence-electron chi connectivity index (χ0n) is 12.7. The van der Waals surface area contributed by atoms with E-state index < -0.39 is 0 Å². The summed E-state index contributed by atoms with van der Waals surface area (Å²) in [6.45, 7) is 4.20. The van der Waals surface area contributed by atoms with Gasteiger partial charge in [0.2, 0.25) is 0 Å². The van der Waals surface area contributed by atoms with Crippen molar-refractivity contribution in [3.8, 4) is 22.0 Å². The molecule has 0 fully saturated rings. The molecule has 0 aliphatic heterocycles. The molecule has 0 atom stereocenters. The zero-order chi connectivity index (χ0) is 15.5. The minimum Gasteiger partial charge on any atom is -0.375 e. The third-order valence-corrected chi connectivity index (χ3v) is 4.42. The molecule has 2 N–H and O–H groups in total. The van der Waals surface area contributed by atoms with E-state index in [0.717, 1.165) is 46.1 Å². The quantitative estimate of drug-likeness (QED) is 0.787. The van der Waals surface area contributed by atoms with Crippen LogP contribution in [-0.4, -0.2) is 15.0 Å². The summed E-state index contributed by atoms with van der Waals surface area (Å²) in [4.78, 5) is 14.6. The Morgan fingerprint density at radius 1 is 1.14 bits per heavy atom. The fourth-order valence-corrected chi connectivity index (χ4v) is 3.26. The van der Waals surface area contributed by atoms with Crippen molar-refractivity contribution in [2.24, 2.45) is 0 Å². The van der Waals surface area contributed by atoms with Crippen molar-refractivity contribution in [1.29, 1.82) is 0 Å². The summed E-state index contributed by atoms with van der Waals surface area (Å²) >= 11 is 1.49. The third kappa shape index (κ3) is 2.85. The van der Waals surface area contributed by atoms with Crippen LogP contribution in [0.1, 0.15) is 24.6 Å². The van der Waals surface area contributed by atoms with Gasteiger partial charge < -0.3 is 5.73 Å². The minimum atomic E-state index is 0.592. The molecule has 3 aromatic rings. The first kappa shape index (κ1) is 14.7. The van der Waals surface area contributed by atoms with Crippen LogP contribution in [0.15, 0.2) is 36.5 Å². The van der Waals surface area contributed by atoms with Gasteiger partial charge in [0.1, 0.15) is 0 Å². The van der Waals surface area contributed by atoms with E-state index in [1.54, 1.807) is 6.20 Å². The lowest BCUT2D eigenvalue weighted by atomic mass is 10.1. The molecule has 0 aliphatic rings. The second kappa shape index (κ2) is 6.23. The molecule has 112 valence electrons. The Balaban J connectivity index is 2.07. The molecule has 2 aromatic heterocycles. The fourth-order valence-electron chi connectivity index (χ4n) is 2.42. The van der Waals surface area contributed by atoms with Gasteiger partial charge in [0.05, 0.1) is 16.3 Å². The highest BCUT2D eigenvalue weighted by Gasteiger charge is 2.14. The zero-order valence-corrected chi connectivity index (χ0v) is 13.5. The summed E-state index contributed by atoms with van der Waals surface area (Å²) in [5.74, 6) is 0.741. The average Bonchev–Trinajstić information content (AvgIpc) is 2.89. The third-order valence-electron chi connectivity index (χ3n) is 3.47. The van der Waals surface area contributed by atoms with Crippen LogP contribution in [-0.2, 0) is 6.42 Å². The average molecular weight is 310 g/mol. The maximum absolute atomic E-state index is 5.88. The molecular formula is C17H18N4S. The second-order valence-electron chi connectivity index (χ2n) is 5.16. The van der Waals surface area contributed by atoms with E-state index in [-0.39, 0.29) is 0 Å². The van der Waals surface area contributed by atoms with E-state index in [1.165, 1.54) is 11.3 Å². The minimum absolute atomic E-state index is 0.592. The van der Waals surface area contributed by atoms with Gasteiger partial charge in [-0.3, -0.25) is 0 Å². The van der Waals surface area contributed by atoms with E-state index in [9.17, 15) is 0 Å². The topological polar surface area (TPSA) is 64.7 Å². The number of aryl methyl sites for hydroxylation is 2. The molecule has 0 saturated heterocycles. The van der Waals surface area contributed by atoms with Crippen molar-refractivity contribution in [2.45, 2.75) is 26.7 Å². The van der Waals surface area contributed by atoms with Crippen molar-refractivity contribution in [3.05, 3.63) is 47.8 Å². The number of thiazole rings is 1. The molecular weight excluding hydrogens is 292 g/mol. The predicted molar refractivity (Wildman–Crippen MR) is 91.7 cm³/mol. The van der Waals surface area contributed by atoms with Gasteiger partial charge >= 0.3 is 0 Å². The largest absolute Gasteiger partial charge is 0.375 e. The fraction of sp³-hybridized carbons (Fsp3) is 0.235. The Labute approximate surface area is 134 Å². The summed E-state index contributed by atoms with van der Waals surface area (Å²) in [7, 11) is 0. The lowest BCUT2D eigenvalue weighted by Gasteiger charge is -2.06. The van der Waals surface area contributed by atoms with Crippen LogP contribution in [0, 0.1) is 6.92 Å². The number of hydrogen-bond donors (Lipinski definition) is 1. The van der Waals surface area contributed by atoms with Crippen LogP contribution >= 0.6 is 11.3 Å². The number of anilines is 1. The van der Waals surface area contributed by atoms with Gasteiger partial charge in [-0.2, -0.15) is 0 Å². The molecule has 0 aliphatic carbocycles. The standard InChI is InChI=1S/C17H18N4S/c1-3-6-13-15(22-17(18)21-13)14-9-10-19-16(20-14)12-8-5-4-7-11(12)2/h4-5,7-10H,3,6H2,1-2H3,(H2,18,21). The van der Waals surface area contributed by atoms with Gasteiger partial charge in [-0.15, -0.1) is 0 Å². The Morgan fingerprint density at radius 3 is 2.73 bits per heavy atom. The summed E-state index contributed by atoms with van der Waals surface area (Å²) < 4.78 is 0. The molecule has 3 rings (SSSR count). The smallest absolute Gasteiger partial charge is 0.180 e. The lowest BCUT2D eigenvalue weighted by Crippen LogP contribution is -1.94. The van der Waals surface area contributed by atoms with Crippen LogP contribution in [0.5, 0.6) is 0 Å². The van der Waals surface area contributed by atoms with Crippen LogP contribution < -0.4 is 5.73 Å². The monoisotopic (exact) mass is 310 g/mol. The first-order chi connectivity index (χ1) is 10.7. The highest BCUT2D eigenvalue weighted by Crippen LogP contribution is 2.32. The normalized spacial score (nSPS) is 10.8. The molecule has 2 heterocycles. The molecule has 0 amide bonds. The van der Waals surface area contributed by atoms with Gasteiger partial charge in [-0.25, -0.2) is 15.0 Å². The van der Waals surface area contributed by atoms with Crippen molar-refractivity contribution in [2.75, 3.05) is 5.73 Å². The van der Waals surface area contributed by atoms with Crippen molar-refractivity contribution in [1.82, 2.24) is 15.0 Å². The SMILES string of the molecule is CCCc1nc(N)sc1-c1ccnc(-c2ccccc2C)n1. The second-order valence-corrected chi connectivity index (χ2v) is 6.19. The van der Waals surface area contributed by atoms with E-state index >= 15 is 0 Å². The Kier molecular flexibility index (Phi) is 4.15. The number of rotatable bonds is 4. The highest BCUT2D eigenvalue weighted by molar-refractivity contribution is 7.18. The molecule has 0 bridgehead atoms. The van der Waals surface area contributed by atoms with E-state index in [2.05, 4.69) is 29.9 Å². The summed E-state index contributed by atoms with van der Waals surface area (Å²) in [6.07, 6.45) is 3.74. The Hall–Kier alpha value is -2.27.